The Hall–Kier alpha value is -3.43. The number of non-ortho nitro benzene ring substituents is 1. The molecule has 0 saturated heterocycles. The van der Waals surface area contributed by atoms with Crippen molar-refractivity contribution in [1.82, 2.24) is 0 Å². The lowest BCUT2D eigenvalue weighted by molar-refractivity contribution is -0.384. The van der Waals surface area contributed by atoms with Gasteiger partial charge in [-0.25, -0.2) is 0 Å². The van der Waals surface area contributed by atoms with Crippen molar-refractivity contribution in [3.8, 4) is 17.6 Å². The van der Waals surface area contributed by atoms with Crippen LogP contribution in [-0.2, 0) is 14.9 Å². The minimum Gasteiger partial charge on any atom is -0.493 e. The number of amides is 1. The van der Waals surface area contributed by atoms with Crippen LogP contribution in [0.1, 0.15) is 5.56 Å². The Morgan fingerprint density at radius 2 is 1.93 bits per heavy atom. The summed E-state index contributed by atoms with van der Waals surface area (Å²) in [6, 6.07) is 8.52. The van der Waals surface area contributed by atoms with Crippen molar-refractivity contribution < 1.29 is 27.1 Å². The molecule has 0 heterocycles. The molecule has 2 N–H and O–H groups in total. The maximum Gasteiger partial charge on any atom is 0.339 e. The number of nitriles is 1. The van der Waals surface area contributed by atoms with Crippen molar-refractivity contribution >= 4 is 43.7 Å². The molecule has 0 atom stereocenters. The predicted molar refractivity (Wildman–Crippen MR) is 104 cm³/mol. The molecule has 0 spiro atoms. The van der Waals surface area contributed by atoms with Crippen molar-refractivity contribution in [3.05, 3.63) is 62.1 Å². The van der Waals surface area contributed by atoms with Crippen LogP contribution in [0.2, 0.25) is 0 Å². The first-order chi connectivity index (χ1) is 13.6. The van der Waals surface area contributed by atoms with E-state index in [9.17, 15) is 23.3 Å². The molecule has 0 aliphatic carbocycles. The first-order valence-electron chi connectivity index (χ1n) is 7.57. The topological polar surface area (TPSA) is 163 Å². The normalized spacial score (nSPS) is 11.4. The Labute approximate surface area is 173 Å². The lowest BCUT2D eigenvalue weighted by atomic mass is 10.1. The van der Waals surface area contributed by atoms with Crippen LogP contribution in [0.4, 0.5) is 5.69 Å². The summed E-state index contributed by atoms with van der Waals surface area (Å²) in [5.74, 6) is -1.14. The van der Waals surface area contributed by atoms with E-state index < -0.39 is 20.9 Å². The SMILES string of the molecule is COc1cc(/C=C(\C#N)C(N)=O)cc(Br)c1OS(=O)(=O)c1ccc([N+](=O)[O-])cc1. The van der Waals surface area contributed by atoms with Gasteiger partial charge in [0.15, 0.2) is 11.5 Å². The average Bonchev–Trinajstić information content (AvgIpc) is 2.67. The molecule has 0 bridgehead atoms. The van der Waals surface area contributed by atoms with Crippen molar-refractivity contribution in [2.24, 2.45) is 5.73 Å². The maximum atomic E-state index is 12.5. The molecule has 29 heavy (non-hydrogen) atoms. The summed E-state index contributed by atoms with van der Waals surface area (Å²) in [7, 11) is -3.08. The molecule has 0 radical (unpaired) electrons. The lowest BCUT2D eigenvalue weighted by Gasteiger charge is -2.13. The van der Waals surface area contributed by atoms with E-state index in [-0.39, 0.29) is 32.1 Å². The van der Waals surface area contributed by atoms with Gasteiger partial charge in [-0.1, -0.05) is 0 Å². The number of nitro benzene ring substituents is 1. The zero-order valence-corrected chi connectivity index (χ0v) is 17.1. The summed E-state index contributed by atoms with van der Waals surface area (Å²) in [6.45, 7) is 0. The number of rotatable bonds is 7. The highest BCUT2D eigenvalue weighted by molar-refractivity contribution is 9.10. The minimum atomic E-state index is -4.34. The molecule has 2 rings (SSSR count). The second kappa shape index (κ2) is 8.72. The number of carbonyl (C=O) groups is 1. The van der Waals surface area contributed by atoms with Gasteiger partial charge in [0.25, 0.3) is 11.6 Å². The quantitative estimate of drug-likeness (QED) is 0.207. The van der Waals surface area contributed by atoms with Gasteiger partial charge in [0, 0.05) is 12.1 Å². The van der Waals surface area contributed by atoms with Gasteiger partial charge >= 0.3 is 10.1 Å². The standard InChI is InChI=1S/C17H12BrN3O7S/c1-27-15-8-10(6-11(9-19)17(20)22)7-14(18)16(15)28-29(25,26)13-4-2-12(3-5-13)21(23)24/h2-8H,1H3,(H2,20,22)/b11-6+. The smallest absolute Gasteiger partial charge is 0.339 e. The number of hydrogen-bond donors (Lipinski definition) is 1. The van der Waals surface area contributed by atoms with Crippen molar-refractivity contribution in [1.29, 1.82) is 5.26 Å². The second-order valence-electron chi connectivity index (χ2n) is 5.36. The fourth-order valence-corrected chi connectivity index (χ4v) is 3.73. The molecule has 10 nitrogen and oxygen atoms in total. The van der Waals surface area contributed by atoms with Gasteiger partial charge < -0.3 is 14.7 Å². The van der Waals surface area contributed by atoms with Crippen LogP contribution in [0.3, 0.4) is 0 Å². The number of ether oxygens (including phenoxy) is 1. The number of halogens is 1. The maximum absolute atomic E-state index is 12.5. The summed E-state index contributed by atoms with van der Waals surface area (Å²) in [6.07, 6.45) is 1.20. The molecule has 2 aromatic carbocycles. The summed E-state index contributed by atoms with van der Waals surface area (Å²) >= 11 is 3.16. The number of hydrogen-bond acceptors (Lipinski definition) is 8. The molecule has 0 aromatic heterocycles. The van der Waals surface area contributed by atoms with E-state index in [1.807, 2.05) is 0 Å². The number of primary amides is 1. The Bertz CT molecular complexity index is 1150. The van der Waals surface area contributed by atoms with Crippen molar-refractivity contribution in [2.45, 2.75) is 4.90 Å². The monoisotopic (exact) mass is 481 g/mol. The Morgan fingerprint density at radius 1 is 1.31 bits per heavy atom. The molecule has 0 aliphatic rings. The lowest BCUT2D eigenvalue weighted by Crippen LogP contribution is -2.12. The molecule has 1 amide bonds. The second-order valence-corrected chi connectivity index (χ2v) is 7.76. The summed E-state index contributed by atoms with van der Waals surface area (Å²) in [5, 5.41) is 19.6. The number of nitrogens with zero attached hydrogens (tertiary/aromatic N) is 2. The van der Waals surface area contributed by atoms with Gasteiger partial charge in [0.1, 0.15) is 16.5 Å². The van der Waals surface area contributed by atoms with E-state index in [1.54, 1.807) is 6.07 Å². The third kappa shape index (κ3) is 5.09. The third-order valence-electron chi connectivity index (χ3n) is 3.48. The highest BCUT2D eigenvalue weighted by Gasteiger charge is 2.23. The van der Waals surface area contributed by atoms with Crippen LogP contribution < -0.4 is 14.7 Å². The molecular formula is C17H12BrN3O7S. The van der Waals surface area contributed by atoms with E-state index in [4.69, 9.17) is 19.9 Å². The Morgan fingerprint density at radius 3 is 2.41 bits per heavy atom. The Balaban J connectivity index is 2.45. The largest absolute Gasteiger partial charge is 0.493 e. The van der Waals surface area contributed by atoms with Gasteiger partial charge in [-0.3, -0.25) is 14.9 Å². The fraction of sp³-hybridized carbons (Fsp3) is 0.0588. The van der Waals surface area contributed by atoms with Crippen LogP contribution in [0.25, 0.3) is 6.08 Å². The molecule has 0 unspecified atom stereocenters. The van der Waals surface area contributed by atoms with E-state index in [0.717, 1.165) is 24.3 Å². The fourth-order valence-electron chi connectivity index (χ4n) is 2.12. The summed E-state index contributed by atoms with van der Waals surface area (Å²) < 4.78 is 35.4. The van der Waals surface area contributed by atoms with E-state index in [1.165, 1.54) is 25.3 Å². The number of carbonyl (C=O) groups excluding carboxylic acids is 1. The van der Waals surface area contributed by atoms with E-state index in [0.29, 0.717) is 5.56 Å². The number of nitrogens with two attached hydrogens (primary N) is 1. The molecular weight excluding hydrogens is 470 g/mol. The number of methoxy groups -OCH3 is 1. The molecule has 0 fully saturated rings. The first kappa shape index (κ1) is 21.9. The highest BCUT2D eigenvalue weighted by Crippen LogP contribution is 2.39. The zero-order valence-electron chi connectivity index (χ0n) is 14.7. The highest BCUT2D eigenvalue weighted by atomic mass is 79.9. The number of benzene rings is 2. The van der Waals surface area contributed by atoms with Crippen LogP contribution in [-0.4, -0.2) is 26.4 Å². The zero-order chi connectivity index (χ0) is 21.8. The summed E-state index contributed by atoms with van der Waals surface area (Å²) in [4.78, 5) is 20.9. The van der Waals surface area contributed by atoms with Gasteiger partial charge in [0.2, 0.25) is 0 Å². The Kier molecular flexibility index (Phi) is 6.57. The van der Waals surface area contributed by atoms with Gasteiger partial charge in [-0.15, -0.1) is 0 Å². The van der Waals surface area contributed by atoms with E-state index >= 15 is 0 Å². The predicted octanol–water partition coefficient (Wildman–Crippen LogP) is 2.53. The van der Waals surface area contributed by atoms with Gasteiger partial charge in [0.05, 0.1) is 16.5 Å². The molecule has 150 valence electrons. The van der Waals surface area contributed by atoms with Crippen molar-refractivity contribution in [2.75, 3.05) is 7.11 Å². The van der Waals surface area contributed by atoms with Crippen LogP contribution in [0, 0.1) is 21.4 Å². The summed E-state index contributed by atoms with van der Waals surface area (Å²) in [5.41, 5.74) is 4.82. The molecule has 0 saturated carbocycles. The minimum absolute atomic E-state index is 0.0159. The van der Waals surface area contributed by atoms with Crippen molar-refractivity contribution in [3.63, 3.8) is 0 Å². The first-order valence-corrected chi connectivity index (χ1v) is 9.77. The van der Waals surface area contributed by atoms with Gasteiger partial charge in [-0.05, 0) is 51.8 Å². The van der Waals surface area contributed by atoms with E-state index in [2.05, 4.69) is 15.9 Å². The van der Waals surface area contributed by atoms with Crippen LogP contribution in [0.15, 0.2) is 51.3 Å². The van der Waals surface area contributed by atoms with Gasteiger partial charge in [-0.2, -0.15) is 13.7 Å². The third-order valence-corrected chi connectivity index (χ3v) is 5.30. The molecule has 2 aromatic rings. The van der Waals surface area contributed by atoms with Crippen LogP contribution in [0.5, 0.6) is 11.5 Å². The van der Waals surface area contributed by atoms with Crippen LogP contribution >= 0.6 is 15.9 Å². The molecule has 0 aliphatic heterocycles. The average molecular weight is 482 g/mol. The number of nitro groups is 1. The molecule has 12 heteroatoms.